The van der Waals surface area contributed by atoms with Crippen molar-refractivity contribution in [3.63, 3.8) is 0 Å². The van der Waals surface area contributed by atoms with E-state index in [0.717, 1.165) is 22.0 Å². The molecule has 5 nitrogen and oxygen atoms in total. The fourth-order valence-electron chi connectivity index (χ4n) is 2.89. The Morgan fingerprint density at radius 1 is 1.12 bits per heavy atom. The van der Waals surface area contributed by atoms with Gasteiger partial charge < -0.3 is 9.73 Å². The van der Waals surface area contributed by atoms with Gasteiger partial charge >= 0.3 is 5.63 Å². The lowest BCUT2D eigenvalue weighted by Crippen LogP contribution is -2.18. The highest BCUT2D eigenvalue weighted by molar-refractivity contribution is 9.10. The molecule has 1 amide bonds. The molecule has 26 heavy (non-hydrogen) atoms. The van der Waals surface area contributed by atoms with Crippen LogP contribution < -0.4 is 10.9 Å². The molecule has 0 aliphatic carbocycles. The monoisotopic (exact) mass is 414 g/mol. The summed E-state index contributed by atoms with van der Waals surface area (Å²) in [6.45, 7) is 2.81. The predicted molar refractivity (Wildman–Crippen MR) is 106 cm³/mol. The lowest BCUT2D eigenvalue weighted by atomic mass is 10.1. The predicted octanol–water partition coefficient (Wildman–Crippen LogP) is 4.15. The zero-order valence-corrected chi connectivity index (χ0v) is 16.2. The van der Waals surface area contributed by atoms with Crippen LogP contribution in [-0.4, -0.2) is 17.9 Å². The zero-order chi connectivity index (χ0) is 18.7. The standard InChI is InChI=1S/C20H19BrN2O3/c1-13(24)22-17-7-8-18-15(9-20(25)26-19(18)10-17)12-23(2)11-14-3-5-16(21)6-4-14/h3-10H,11-12H2,1-2H3,(H,22,24). The van der Waals surface area contributed by atoms with Crippen molar-refractivity contribution < 1.29 is 9.21 Å². The van der Waals surface area contributed by atoms with Gasteiger partial charge in [-0.2, -0.15) is 0 Å². The third-order valence-electron chi connectivity index (χ3n) is 3.96. The zero-order valence-electron chi connectivity index (χ0n) is 14.6. The lowest BCUT2D eigenvalue weighted by Gasteiger charge is -2.18. The topological polar surface area (TPSA) is 62.6 Å². The molecule has 1 aromatic heterocycles. The number of hydrogen-bond acceptors (Lipinski definition) is 4. The number of carbonyl (C=O) groups excluding carboxylic acids is 1. The van der Waals surface area contributed by atoms with Gasteiger partial charge in [0, 0.05) is 47.7 Å². The Hall–Kier alpha value is -2.44. The molecule has 3 rings (SSSR count). The van der Waals surface area contributed by atoms with Gasteiger partial charge in [-0.3, -0.25) is 9.69 Å². The van der Waals surface area contributed by atoms with Crippen LogP contribution >= 0.6 is 15.9 Å². The molecule has 0 unspecified atom stereocenters. The second-order valence-corrected chi connectivity index (χ2v) is 7.20. The van der Waals surface area contributed by atoms with E-state index in [9.17, 15) is 9.59 Å². The van der Waals surface area contributed by atoms with E-state index in [4.69, 9.17) is 4.42 Å². The highest BCUT2D eigenvalue weighted by Crippen LogP contribution is 2.23. The third kappa shape index (κ3) is 4.59. The molecule has 3 aromatic rings. The Morgan fingerprint density at radius 2 is 1.85 bits per heavy atom. The quantitative estimate of drug-likeness (QED) is 0.637. The summed E-state index contributed by atoms with van der Waals surface area (Å²) in [5.41, 5.74) is 2.76. The molecule has 2 aromatic carbocycles. The van der Waals surface area contributed by atoms with E-state index in [1.807, 2.05) is 31.3 Å². The minimum absolute atomic E-state index is 0.169. The minimum Gasteiger partial charge on any atom is -0.423 e. The van der Waals surface area contributed by atoms with E-state index >= 15 is 0 Å². The summed E-state index contributed by atoms with van der Waals surface area (Å²) in [6, 6.07) is 15.0. The first-order chi connectivity index (χ1) is 12.4. The van der Waals surface area contributed by atoms with Crippen molar-refractivity contribution >= 4 is 38.5 Å². The number of anilines is 1. The average Bonchev–Trinajstić information content (AvgIpc) is 2.56. The number of halogens is 1. The summed E-state index contributed by atoms with van der Waals surface area (Å²) < 4.78 is 6.35. The van der Waals surface area contributed by atoms with Crippen LogP contribution in [0.2, 0.25) is 0 Å². The molecule has 0 saturated heterocycles. The highest BCUT2D eigenvalue weighted by Gasteiger charge is 2.10. The van der Waals surface area contributed by atoms with Crippen LogP contribution in [0.4, 0.5) is 5.69 Å². The van der Waals surface area contributed by atoms with Crippen LogP contribution in [0.15, 0.2) is 62.2 Å². The summed E-state index contributed by atoms with van der Waals surface area (Å²) in [5.74, 6) is -0.169. The molecular weight excluding hydrogens is 396 g/mol. The van der Waals surface area contributed by atoms with Gasteiger partial charge in [0.2, 0.25) is 5.91 Å². The van der Waals surface area contributed by atoms with E-state index < -0.39 is 5.63 Å². The fraction of sp³-hybridized carbons (Fsp3) is 0.200. The molecule has 0 aliphatic heterocycles. The van der Waals surface area contributed by atoms with E-state index in [1.165, 1.54) is 18.6 Å². The van der Waals surface area contributed by atoms with Gasteiger partial charge in [-0.15, -0.1) is 0 Å². The molecule has 0 fully saturated rings. The van der Waals surface area contributed by atoms with Crippen LogP contribution in [0.1, 0.15) is 18.1 Å². The smallest absolute Gasteiger partial charge is 0.336 e. The van der Waals surface area contributed by atoms with Gasteiger partial charge in [-0.1, -0.05) is 28.1 Å². The average molecular weight is 415 g/mol. The van der Waals surface area contributed by atoms with Crippen molar-refractivity contribution in [3.8, 4) is 0 Å². The minimum atomic E-state index is -0.399. The number of nitrogens with zero attached hydrogens (tertiary/aromatic N) is 1. The van der Waals surface area contributed by atoms with Crippen LogP contribution in [0.25, 0.3) is 11.0 Å². The van der Waals surface area contributed by atoms with Gasteiger partial charge in [0.25, 0.3) is 0 Å². The molecule has 0 spiro atoms. The number of carbonyl (C=O) groups is 1. The lowest BCUT2D eigenvalue weighted by molar-refractivity contribution is -0.114. The second-order valence-electron chi connectivity index (χ2n) is 6.28. The Kier molecular flexibility index (Phi) is 5.54. The van der Waals surface area contributed by atoms with E-state index in [1.54, 1.807) is 6.07 Å². The highest BCUT2D eigenvalue weighted by atomic mass is 79.9. The molecule has 6 heteroatoms. The molecule has 1 N–H and O–H groups in total. The fourth-order valence-corrected chi connectivity index (χ4v) is 3.15. The molecular formula is C20H19BrN2O3. The maximum absolute atomic E-state index is 11.9. The normalized spacial score (nSPS) is 11.1. The Bertz CT molecular complexity index is 996. The number of hydrogen-bond donors (Lipinski definition) is 1. The Labute approximate surface area is 159 Å². The Balaban J connectivity index is 1.85. The molecule has 1 heterocycles. The first-order valence-corrected chi connectivity index (χ1v) is 8.97. The van der Waals surface area contributed by atoms with Crippen molar-refractivity contribution in [2.45, 2.75) is 20.0 Å². The first kappa shape index (κ1) is 18.4. The maximum Gasteiger partial charge on any atom is 0.336 e. The van der Waals surface area contributed by atoms with E-state index in [0.29, 0.717) is 17.8 Å². The SMILES string of the molecule is CC(=O)Nc1ccc2c(CN(C)Cc3ccc(Br)cc3)cc(=O)oc2c1. The summed E-state index contributed by atoms with van der Waals surface area (Å²) in [5, 5.41) is 3.56. The number of nitrogens with one attached hydrogen (secondary N) is 1. The van der Waals surface area contributed by atoms with Gasteiger partial charge in [0.1, 0.15) is 5.58 Å². The van der Waals surface area contributed by atoms with Crippen LogP contribution in [0.3, 0.4) is 0 Å². The molecule has 0 radical (unpaired) electrons. The number of rotatable bonds is 5. The van der Waals surface area contributed by atoms with Crippen molar-refractivity contribution in [1.29, 1.82) is 0 Å². The molecule has 0 aliphatic rings. The third-order valence-corrected chi connectivity index (χ3v) is 4.49. The summed E-state index contributed by atoms with van der Waals surface area (Å²) in [7, 11) is 2.01. The van der Waals surface area contributed by atoms with Crippen LogP contribution in [0, 0.1) is 0 Å². The van der Waals surface area contributed by atoms with E-state index in [2.05, 4.69) is 38.3 Å². The van der Waals surface area contributed by atoms with Crippen LogP contribution in [-0.2, 0) is 17.9 Å². The van der Waals surface area contributed by atoms with Crippen LogP contribution in [0.5, 0.6) is 0 Å². The number of fused-ring (bicyclic) bond motifs is 1. The van der Waals surface area contributed by atoms with Gasteiger partial charge in [-0.25, -0.2) is 4.79 Å². The van der Waals surface area contributed by atoms with Crippen molar-refractivity contribution in [2.24, 2.45) is 0 Å². The summed E-state index contributed by atoms with van der Waals surface area (Å²) in [4.78, 5) is 25.3. The van der Waals surface area contributed by atoms with E-state index in [-0.39, 0.29) is 5.91 Å². The maximum atomic E-state index is 11.9. The second kappa shape index (κ2) is 7.85. The molecule has 0 atom stereocenters. The molecule has 134 valence electrons. The van der Waals surface area contributed by atoms with Gasteiger partial charge in [0.05, 0.1) is 0 Å². The Morgan fingerprint density at radius 3 is 2.54 bits per heavy atom. The summed E-state index contributed by atoms with van der Waals surface area (Å²) >= 11 is 3.44. The van der Waals surface area contributed by atoms with Gasteiger partial charge in [0.15, 0.2) is 0 Å². The first-order valence-electron chi connectivity index (χ1n) is 8.18. The molecule has 0 saturated carbocycles. The van der Waals surface area contributed by atoms with Crippen molar-refractivity contribution in [1.82, 2.24) is 4.90 Å². The van der Waals surface area contributed by atoms with Gasteiger partial charge in [-0.05, 0) is 42.4 Å². The van der Waals surface area contributed by atoms with Crippen molar-refractivity contribution in [3.05, 3.63) is 74.6 Å². The van der Waals surface area contributed by atoms with Crippen molar-refractivity contribution in [2.75, 3.05) is 12.4 Å². The largest absolute Gasteiger partial charge is 0.423 e. The molecule has 0 bridgehead atoms. The number of benzene rings is 2. The number of amides is 1. The summed E-state index contributed by atoms with van der Waals surface area (Å²) in [6.07, 6.45) is 0.